The number of piperazine rings is 1. The molecule has 116 valence electrons. The molecule has 2 atom stereocenters. The highest BCUT2D eigenvalue weighted by atomic mass is 32.2. The second-order valence-electron chi connectivity index (χ2n) is 6.13. The molecule has 0 bridgehead atoms. The lowest BCUT2D eigenvalue weighted by atomic mass is 10.1. The lowest BCUT2D eigenvalue weighted by Crippen LogP contribution is -2.50. The summed E-state index contributed by atoms with van der Waals surface area (Å²) in [5.74, 6) is 1.80. The monoisotopic (exact) mass is 299 g/mol. The quantitative estimate of drug-likeness (QED) is 0.829. The van der Waals surface area contributed by atoms with Crippen molar-refractivity contribution in [3.63, 3.8) is 0 Å². The van der Waals surface area contributed by atoms with Gasteiger partial charge >= 0.3 is 0 Å². The summed E-state index contributed by atoms with van der Waals surface area (Å²) < 4.78 is 0. The fourth-order valence-corrected chi connectivity index (χ4v) is 4.23. The SMILES string of the molecule is CCSC(C(=O)N1CCC(N2CCNCC2)C1)C(C)C. The van der Waals surface area contributed by atoms with Crippen molar-refractivity contribution in [1.29, 1.82) is 0 Å². The maximum absolute atomic E-state index is 12.7. The first-order valence-electron chi connectivity index (χ1n) is 7.98. The summed E-state index contributed by atoms with van der Waals surface area (Å²) in [5, 5.41) is 3.54. The highest BCUT2D eigenvalue weighted by Gasteiger charge is 2.34. The topological polar surface area (TPSA) is 35.6 Å². The number of carbonyl (C=O) groups is 1. The Hall–Kier alpha value is -0.260. The number of amides is 1. The normalized spacial score (nSPS) is 26.2. The standard InChI is InChI=1S/C15H29N3OS/c1-4-20-14(12(2)3)15(19)18-8-5-13(11-18)17-9-6-16-7-10-17/h12-14,16H,4-11H2,1-3H3. The molecule has 0 saturated carbocycles. The van der Waals surface area contributed by atoms with Crippen LogP contribution in [0.3, 0.4) is 0 Å². The summed E-state index contributed by atoms with van der Waals surface area (Å²) in [6.07, 6.45) is 1.15. The Kier molecular flexibility index (Phi) is 6.18. The van der Waals surface area contributed by atoms with Gasteiger partial charge in [-0.3, -0.25) is 9.69 Å². The van der Waals surface area contributed by atoms with Crippen molar-refractivity contribution >= 4 is 17.7 Å². The molecule has 2 saturated heterocycles. The first kappa shape index (κ1) is 16.1. The second-order valence-corrected chi connectivity index (χ2v) is 7.55. The van der Waals surface area contributed by atoms with Gasteiger partial charge in [-0.05, 0) is 18.1 Å². The van der Waals surface area contributed by atoms with Gasteiger partial charge in [0.1, 0.15) is 0 Å². The number of hydrogen-bond acceptors (Lipinski definition) is 4. The van der Waals surface area contributed by atoms with Gasteiger partial charge in [0.15, 0.2) is 0 Å². The van der Waals surface area contributed by atoms with Crippen molar-refractivity contribution < 1.29 is 4.79 Å². The van der Waals surface area contributed by atoms with E-state index in [9.17, 15) is 4.79 Å². The summed E-state index contributed by atoms with van der Waals surface area (Å²) in [6.45, 7) is 12.8. The van der Waals surface area contributed by atoms with Crippen LogP contribution >= 0.6 is 11.8 Å². The van der Waals surface area contributed by atoms with Gasteiger partial charge in [0.25, 0.3) is 0 Å². The van der Waals surface area contributed by atoms with E-state index in [0.29, 0.717) is 17.9 Å². The number of likely N-dealkylation sites (tertiary alicyclic amines) is 1. The number of nitrogens with zero attached hydrogens (tertiary/aromatic N) is 2. The minimum atomic E-state index is 0.141. The molecule has 0 radical (unpaired) electrons. The van der Waals surface area contributed by atoms with E-state index in [1.54, 1.807) is 11.8 Å². The lowest BCUT2D eigenvalue weighted by molar-refractivity contribution is -0.130. The van der Waals surface area contributed by atoms with Crippen LogP contribution in [-0.4, -0.2) is 72.0 Å². The van der Waals surface area contributed by atoms with E-state index in [2.05, 4.69) is 35.9 Å². The molecule has 0 aromatic rings. The van der Waals surface area contributed by atoms with Gasteiger partial charge in [-0.1, -0.05) is 20.8 Å². The molecular weight excluding hydrogens is 270 g/mol. The van der Waals surface area contributed by atoms with E-state index < -0.39 is 0 Å². The molecule has 1 amide bonds. The van der Waals surface area contributed by atoms with Gasteiger partial charge in [-0.15, -0.1) is 11.8 Å². The Morgan fingerprint density at radius 2 is 2.00 bits per heavy atom. The van der Waals surface area contributed by atoms with Crippen LogP contribution < -0.4 is 5.32 Å². The molecule has 1 N–H and O–H groups in total. The third-order valence-electron chi connectivity index (χ3n) is 4.34. The molecule has 2 unspecified atom stereocenters. The molecule has 2 aliphatic heterocycles. The predicted molar refractivity (Wildman–Crippen MR) is 86.2 cm³/mol. The molecule has 2 heterocycles. The van der Waals surface area contributed by atoms with E-state index in [0.717, 1.165) is 51.4 Å². The number of hydrogen-bond donors (Lipinski definition) is 1. The van der Waals surface area contributed by atoms with E-state index in [4.69, 9.17) is 0 Å². The summed E-state index contributed by atoms with van der Waals surface area (Å²) in [7, 11) is 0. The molecule has 5 heteroatoms. The van der Waals surface area contributed by atoms with Crippen molar-refractivity contribution in [2.24, 2.45) is 5.92 Å². The maximum Gasteiger partial charge on any atom is 0.236 e. The molecule has 2 aliphatic rings. The summed E-state index contributed by atoms with van der Waals surface area (Å²) >= 11 is 1.80. The van der Waals surface area contributed by atoms with E-state index in [1.807, 2.05) is 0 Å². The largest absolute Gasteiger partial charge is 0.340 e. The molecule has 20 heavy (non-hydrogen) atoms. The van der Waals surface area contributed by atoms with Gasteiger partial charge in [-0.25, -0.2) is 0 Å². The van der Waals surface area contributed by atoms with Gasteiger partial charge in [0, 0.05) is 45.3 Å². The van der Waals surface area contributed by atoms with Crippen LogP contribution in [0.1, 0.15) is 27.2 Å². The van der Waals surface area contributed by atoms with Gasteiger partial charge in [0.2, 0.25) is 5.91 Å². The van der Waals surface area contributed by atoms with Crippen LogP contribution in [0, 0.1) is 5.92 Å². The van der Waals surface area contributed by atoms with Crippen molar-refractivity contribution in [3.8, 4) is 0 Å². The Bertz CT molecular complexity index is 318. The van der Waals surface area contributed by atoms with Crippen LogP contribution in [0.5, 0.6) is 0 Å². The van der Waals surface area contributed by atoms with E-state index in [1.165, 1.54) is 0 Å². The molecule has 0 aromatic carbocycles. The van der Waals surface area contributed by atoms with Crippen LogP contribution in [0.25, 0.3) is 0 Å². The zero-order valence-electron chi connectivity index (χ0n) is 13.1. The fourth-order valence-electron chi connectivity index (χ4n) is 3.20. The minimum absolute atomic E-state index is 0.141. The van der Waals surface area contributed by atoms with Crippen molar-refractivity contribution in [2.75, 3.05) is 45.0 Å². The third kappa shape index (κ3) is 3.89. The van der Waals surface area contributed by atoms with Crippen molar-refractivity contribution in [3.05, 3.63) is 0 Å². The summed E-state index contributed by atoms with van der Waals surface area (Å²) in [5.41, 5.74) is 0. The van der Waals surface area contributed by atoms with Crippen LogP contribution in [0.4, 0.5) is 0 Å². The van der Waals surface area contributed by atoms with E-state index in [-0.39, 0.29) is 5.25 Å². The first-order valence-corrected chi connectivity index (χ1v) is 9.03. The van der Waals surface area contributed by atoms with Crippen LogP contribution in [0.2, 0.25) is 0 Å². The minimum Gasteiger partial charge on any atom is -0.340 e. The second kappa shape index (κ2) is 7.66. The molecule has 0 aromatic heterocycles. The zero-order valence-corrected chi connectivity index (χ0v) is 13.9. The summed E-state index contributed by atoms with van der Waals surface area (Å²) in [4.78, 5) is 17.3. The van der Waals surface area contributed by atoms with Crippen LogP contribution in [-0.2, 0) is 4.79 Å². The predicted octanol–water partition coefficient (Wildman–Crippen LogP) is 1.27. The van der Waals surface area contributed by atoms with Crippen LogP contribution in [0.15, 0.2) is 0 Å². The zero-order chi connectivity index (χ0) is 14.5. The maximum atomic E-state index is 12.7. The first-order chi connectivity index (χ1) is 9.63. The van der Waals surface area contributed by atoms with Gasteiger partial charge in [-0.2, -0.15) is 0 Å². The molecule has 2 rings (SSSR count). The van der Waals surface area contributed by atoms with Gasteiger partial charge in [0.05, 0.1) is 5.25 Å². The number of rotatable bonds is 5. The Labute approximate surface area is 127 Å². The Balaban J connectivity index is 1.88. The third-order valence-corrected chi connectivity index (χ3v) is 5.78. The van der Waals surface area contributed by atoms with Gasteiger partial charge < -0.3 is 10.2 Å². The number of nitrogens with one attached hydrogen (secondary N) is 1. The Morgan fingerprint density at radius 1 is 1.30 bits per heavy atom. The highest BCUT2D eigenvalue weighted by Crippen LogP contribution is 2.25. The molecule has 0 aliphatic carbocycles. The van der Waals surface area contributed by atoms with E-state index >= 15 is 0 Å². The fraction of sp³-hybridized carbons (Fsp3) is 0.933. The van der Waals surface area contributed by atoms with Crippen molar-refractivity contribution in [1.82, 2.24) is 15.1 Å². The van der Waals surface area contributed by atoms with Crippen molar-refractivity contribution in [2.45, 2.75) is 38.5 Å². The number of thioether (sulfide) groups is 1. The smallest absolute Gasteiger partial charge is 0.236 e. The molecule has 2 fully saturated rings. The molecule has 0 spiro atoms. The average molecular weight is 299 g/mol. The average Bonchev–Trinajstić information content (AvgIpc) is 2.94. The highest BCUT2D eigenvalue weighted by molar-refractivity contribution is 8.00. The molecular formula is C15H29N3OS. The summed E-state index contributed by atoms with van der Waals surface area (Å²) in [6, 6.07) is 0.584. The molecule has 4 nitrogen and oxygen atoms in total. The lowest BCUT2D eigenvalue weighted by Gasteiger charge is -2.33. The Morgan fingerprint density at radius 3 is 2.60 bits per heavy atom. The number of carbonyl (C=O) groups excluding carboxylic acids is 1.